The van der Waals surface area contributed by atoms with Gasteiger partial charge in [-0.25, -0.2) is 4.39 Å². The maximum Gasteiger partial charge on any atom is 0.206 e. The van der Waals surface area contributed by atoms with Crippen LogP contribution in [0.15, 0.2) is 18.2 Å². The summed E-state index contributed by atoms with van der Waals surface area (Å²) in [6, 6.07) is 4.76. The zero-order valence-corrected chi connectivity index (χ0v) is 13.2. The van der Waals surface area contributed by atoms with Crippen molar-refractivity contribution in [3.8, 4) is 0 Å². The molecular formula is C14H17ClFN3S. The summed E-state index contributed by atoms with van der Waals surface area (Å²) < 4.78 is 13.4. The number of anilines is 1. The molecule has 1 aromatic heterocycles. The van der Waals surface area contributed by atoms with Crippen LogP contribution in [0.4, 0.5) is 9.52 Å². The average Bonchev–Trinajstić information content (AvgIpc) is 2.79. The van der Waals surface area contributed by atoms with Crippen LogP contribution in [0.2, 0.25) is 5.02 Å². The van der Waals surface area contributed by atoms with Gasteiger partial charge in [-0.05, 0) is 30.5 Å². The van der Waals surface area contributed by atoms with E-state index in [1.807, 2.05) is 6.92 Å². The summed E-state index contributed by atoms with van der Waals surface area (Å²) in [6.07, 6.45) is 0.920. The Labute approximate surface area is 127 Å². The molecular weight excluding hydrogens is 297 g/mol. The molecule has 2 rings (SSSR count). The number of nitrogens with one attached hydrogen (secondary N) is 1. The van der Waals surface area contributed by atoms with Crippen molar-refractivity contribution in [1.29, 1.82) is 0 Å². The molecule has 0 saturated carbocycles. The second-order valence-corrected chi connectivity index (χ2v) is 6.61. The molecule has 3 nitrogen and oxygen atoms in total. The summed E-state index contributed by atoms with van der Waals surface area (Å²) in [7, 11) is 0. The van der Waals surface area contributed by atoms with Crippen molar-refractivity contribution >= 4 is 28.1 Å². The minimum atomic E-state index is -0.407. The SMILES string of the molecule is CC(C)Cc1nnc(NC(C)c2ccc(Cl)c(F)c2)s1. The molecule has 1 atom stereocenters. The molecule has 1 aromatic carbocycles. The normalized spacial score (nSPS) is 12.7. The Hall–Kier alpha value is -1.20. The quantitative estimate of drug-likeness (QED) is 0.869. The Kier molecular flexibility index (Phi) is 4.94. The number of benzene rings is 1. The van der Waals surface area contributed by atoms with Crippen LogP contribution >= 0.6 is 22.9 Å². The number of halogens is 2. The van der Waals surface area contributed by atoms with Crippen LogP contribution in [0.1, 0.15) is 37.4 Å². The van der Waals surface area contributed by atoms with Crippen molar-refractivity contribution < 1.29 is 4.39 Å². The highest BCUT2D eigenvalue weighted by atomic mass is 35.5. The third-order valence-electron chi connectivity index (χ3n) is 2.83. The van der Waals surface area contributed by atoms with Gasteiger partial charge in [-0.3, -0.25) is 0 Å². The molecule has 0 radical (unpaired) electrons. The van der Waals surface area contributed by atoms with Crippen LogP contribution < -0.4 is 5.32 Å². The van der Waals surface area contributed by atoms with Gasteiger partial charge in [0.25, 0.3) is 0 Å². The van der Waals surface area contributed by atoms with Crippen molar-refractivity contribution in [2.75, 3.05) is 5.32 Å². The largest absolute Gasteiger partial charge is 0.354 e. The number of rotatable bonds is 5. The van der Waals surface area contributed by atoms with E-state index in [0.717, 1.165) is 22.1 Å². The molecule has 0 bridgehead atoms. The molecule has 0 fully saturated rings. The van der Waals surface area contributed by atoms with Gasteiger partial charge in [-0.1, -0.05) is 42.9 Å². The van der Waals surface area contributed by atoms with Gasteiger partial charge in [0.05, 0.1) is 11.1 Å². The van der Waals surface area contributed by atoms with E-state index < -0.39 is 5.82 Å². The van der Waals surface area contributed by atoms with E-state index in [-0.39, 0.29) is 11.1 Å². The molecule has 0 amide bonds. The molecule has 0 aliphatic rings. The first-order valence-electron chi connectivity index (χ1n) is 6.49. The standard InChI is InChI=1S/C14H17ClFN3S/c1-8(2)6-13-18-19-14(20-13)17-9(3)10-4-5-11(15)12(16)7-10/h4-5,7-9H,6H2,1-3H3,(H,17,19). The van der Waals surface area contributed by atoms with E-state index in [0.29, 0.717) is 5.92 Å². The van der Waals surface area contributed by atoms with E-state index in [4.69, 9.17) is 11.6 Å². The molecule has 108 valence electrons. The van der Waals surface area contributed by atoms with Crippen LogP contribution in [0.3, 0.4) is 0 Å². The topological polar surface area (TPSA) is 37.8 Å². The van der Waals surface area contributed by atoms with Gasteiger partial charge in [0.2, 0.25) is 5.13 Å². The van der Waals surface area contributed by atoms with Gasteiger partial charge < -0.3 is 5.32 Å². The highest BCUT2D eigenvalue weighted by Gasteiger charge is 2.12. The molecule has 1 unspecified atom stereocenters. The fraction of sp³-hybridized carbons (Fsp3) is 0.429. The van der Waals surface area contributed by atoms with Crippen molar-refractivity contribution in [3.05, 3.63) is 39.6 Å². The van der Waals surface area contributed by atoms with Gasteiger partial charge in [0, 0.05) is 6.42 Å². The zero-order valence-electron chi connectivity index (χ0n) is 11.7. The second kappa shape index (κ2) is 6.50. The lowest BCUT2D eigenvalue weighted by Gasteiger charge is -2.13. The van der Waals surface area contributed by atoms with Crippen molar-refractivity contribution in [2.24, 2.45) is 5.92 Å². The van der Waals surface area contributed by atoms with Crippen molar-refractivity contribution in [2.45, 2.75) is 33.2 Å². The van der Waals surface area contributed by atoms with E-state index in [2.05, 4.69) is 29.4 Å². The molecule has 6 heteroatoms. The Bertz CT molecular complexity index is 586. The van der Waals surface area contributed by atoms with Gasteiger partial charge >= 0.3 is 0 Å². The molecule has 0 aliphatic carbocycles. The molecule has 1 heterocycles. The molecule has 1 N–H and O–H groups in total. The predicted molar refractivity (Wildman–Crippen MR) is 81.9 cm³/mol. The lowest BCUT2D eigenvalue weighted by Crippen LogP contribution is -2.06. The summed E-state index contributed by atoms with van der Waals surface area (Å²) in [5, 5.41) is 13.4. The number of nitrogens with zero attached hydrogens (tertiary/aromatic N) is 2. The Morgan fingerprint density at radius 2 is 2.05 bits per heavy atom. The average molecular weight is 314 g/mol. The number of hydrogen-bond acceptors (Lipinski definition) is 4. The first-order valence-corrected chi connectivity index (χ1v) is 7.69. The summed E-state index contributed by atoms with van der Waals surface area (Å²) in [5.74, 6) is 0.147. The maximum absolute atomic E-state index is 13.4. The van der Waals surface area contributed by atoms with Crippen LogP contribution in [0.5, 0.6) is 0 Å². The summed E-state index contributed by atoms with van der Waals surface area (Å²) in [6.45, 7) is 6.24. The first-order chi connectivity index (χ1) is 9.45. The number of aromatic nitrogens is 2. The molecule has 0 spiro atoms. The van der Waals surface area contributed by atoms with E-state index in [1.54, 1.807) is 12.1 Å². The minimum Gasteiger partial charge on any atom is -0.354 e. The monoisotopic (exact) mass is 313 g/mol. The first kappa shape index (κ1) is 15.2. The summed E-state index contributed by atoms with van der Waals surface area (Å²) >= 11 is 7.22. The molecule has 20 heavy (non-hydrogen) atoms. The Morgan fingerprint density at radius 3 is 2.70 bits per heavy atom. The molecule has 0 aliphatic heterocycles. The smallest absolute Gasteiger partial charge is 0.206 e. The predicted octanol–water partition coefficient (Wildman–Crippen LogP) is 4.70. The van der Waals surface area contributed by atoms with Crippen LogP contribution in [0, 0.1) is 11.7 Å². The van der Waals surface area contributed by atoms with Crippen molar-refractivity contribution in [3.63, 3.8) is 0 Å². The zero-order chi connectivity index (χ0) is 14.7. The van der Waals surface area contributed by atoms with Gasteiger partial charge in [0.15, 0.2) is 0 Å². The Morgan fingerprint density at radius 1 is 1.30 bits per heavy atom. The summed E-state index contributed by atoms with van der Waals surface area (Å²) in [5.41, 5.74) is 0.826. The molecule has 2 aromatic rings. The van der Waals surface area contributed by atoms with Crippen LogP contribution in [-0.4, -0.2) is 10.2 Å². The third kappa shape index (κ3) is 3.90. The molecule has 0 saturated heterocycles. The Balaban J connectivity index is 2.05. The maximum atomic E-state index is 13.4. The van der Waals surface area contributed by atoms with Gasteiger partial charge in [-0.2, -0.15) is 0 Å². The van der Waals surface area contributed by atoms with E-state index in [9.17, 15) is 4.39 Å². The van der Waals surface area contributed by atoms with Crippen LogP contribution in [-0.2, 0) is 6.42 Å². The number of hydrogen-bond donors (Lipinski definition) is 1. The van der Waals surface area contributed by atoms with Crippen LogP contribution in [0.25, 0.3) is 0 Å². The summed E-state index contributed by atoms with van der Waals surface area (Å²) in [4.78, 5) is 0. The lowest BCUT2D eigenvalue weighted by atomic mass is 10.1. The van der Waals surface area contributed by atoms with E-state index >= 15 is 0 Å². The van der Waals surface area contributed by atoms with Gasteiger partial charge in [-0.15, -0.1) is 10.2 Å². The minimum absolute atomic E-state index is 0.0541. The highest BCUT2D eigenvalue weighted by molar-refractivity contribution is 7.15. The lowest BCUT2D eigenvalue weighted by molar-refractivity contribution is 0.624. The second-order valence-electron chi connectivity index (χ2n) is 5.14. The highest BCUT2D eigenvalue weighted by Crippen LogP contribution is 2.25. The van der Waals surface area contributed by atoms with E-state index in [1.165, 1.54) is 17.4 Å². The fourth-order valence-electron chi connectivity index (χ4n) is 1.79. The van der Waals surface area contributed by atoms with Crippen molar-refractivity contribution in [1.82, 2.24) is 10.2 Å². The van der Waals surface area contributed by atoms with Gasteiger partial charge in [0.1, 0.15) is 10.8 Å². The third-order valence-corrected chi connectivity index (χ3v) is 4.02. The fourth-order valence-corrected chi connectivity index (χ4v) is 2.95.